The number of thioether (sulfide) groups is 1. The van der Waals surface area contributed by atoms with E-state index in [4.69, 9.17) is 5.73 Å². The van der Waals surface area contributed by atoms with E-state index in [2.05, 4.69) is 5.32 Å². The van der Waals surface area contributed by atoms with Gasteiger partial charge in [0, 0.05) is 12.1 Å². The van der Waals surface area contributed by atoms with Gasteiger partial charge in [-0.25, -0.2) is 4.39 Å². The Bertz CT molecular complexity index is 433. The average Bonchev–Trinajstić information content (AvgIpc) is 2.35. The SMILES string of the molecule is Nc1cc(NC(=O)CC2CCSCC2)ccc1F. The molecule has 0 radical (unpaired) electrons. The van der Waals surface area contributed by atoms with Crippen molar-refractivity contribution in [2.24, 2.45) is 5.92 Å². The van der Waals surface area contributed by atoms with E-state index in [1.54, 1.807) is 0 Å². The Hall–Kier alpha value is -1.23. The van der Waals surface area contributed by atoms with Crippen LogP contribution in [0.1, 0.15) is 19.3 Å². The van der Waals surface area contributed by atoms with Crippen LogP contribution in [0.3, 0.4) is 0 Å². The highest BCUT2D eigenvalue weighted by atomic mass is 32.2. The summed E-state index contributed by atoms with van der Waals surface area (Å²) in [6, 6.07) is 4.24. The molecule has 5 heteroatoms. The molecule has 1 heterocycles. The van der Waals surface area contributed by atoms with Crippen molar-refractivity contribution in [1.82, 2.24) is 0 Å². The number of carbonyl (C=O) groups is 1. The molecule has 1 amide bonds. The number of nitrogen functional groups attached to an aromatic ring is 1. The van der Waals surface area contributed by atoms with Gasteiger partial charge in [0.2, 0.25) is 5.91 Å². The smallest absolute Gasteiger partial charge is 0.224 e. The normalized spacial score (nSPS) is 16.5. The Kier molecular flexibility index (Phi) is 4.47. The number of hydrogen-bond acceptors (Lipinski definition) is 3. The van der Waals surface area contributed by atoms with Crippen LogP contribution >= 0.6 is 11.8 Å². The fourth-order valence-electron chi connectivity index (χ4n) is 2.05. The molecule has 0 saturated carbocycles. The van der Waals surface area contributed by atoms with Crippen molar-refractivity contribution in [3.8, 4) is 0 Å². The molecule has 1 aromatic rings. The average molecular weight is 268 g/mol. The number of nitrogens with one attached hydrogen (secondary N) is 1. The summed E-state index contributed by atoms with van der Waals surface area (Å²) in [6.45, 7) is 0. The molecule has 1 aromatic carbocycles. The molecule has 0 unspecified atom stereocenters. The molecule has 0 spiro atoms. The minimum absolute atomic E-state index is 0.0158. The standard InChI is InChI=1S/C13H17FN2OS/c14-11-2-1-10(8-12(11)15)16-13(17)7-9-3-5-18-6-4-9/h1-2,8-9H,3-7,15H2,(H,16,17). The van der Waals surface area contributed by atoms with Gasteiger partial charge in [0.05, 0.1) is 5.69 Å². The highest BCUT2D eigenvalue weighted by Gasteiger charge is 2.17. The van der Waals surface area contributed by atoms with Crippen LogP contribution in [-0.4, -0.2) is 17.4 Å². The molecule has 0 aromatic heterocycles. The number of halogens is 1. The van der Waals surface area contributed by atoms with Gasteiger partial charge >= 0.3 is 0 Å². The molecular weight excluding hydrogens is 251 g/mol. The van der Waals surface area contributed by atoms with E-state index in [0.717, 1.165) is 24.3 Å². The number of nitrogens with two attached hydrogens (primary N) is 1. The van der Waals surface area contributed by atoms with E-state index < -0.39 is 5.82 Å². The Labute approximate surface area is 110 Å². The largest absolute Gasteiger partial charge is 0.396 e. The van der Waals surface area contributed by atoms with Crippen molar-refractivity contribution in [2.75, 3.05) is 22.6 Å². The molecule has 1 saturated heterocycles. The Morgan fingerprint density at radius 2 is 2.17 bits per heavy atom. The Balaban J connectivity index is 1.88. The van der Waals surface area contributed by atoms with Crippen LogP contribution < -0.4 is 11.1 Å². The third-order valence-electron chi connectivity index (χ3n) is 3.09. The second-order valence-corrected chi connectivity index (χ2v) is 5.77. The van der Waals surface area contributed by atoms with Gasteiger partial charge in [-0.05, 0) is 48.5 Å². The molecule has 18 heavy (non-hydrogen) atoms. The van der Waals surface area contributed by atoms with Crippen molar-refractivity contribution in [2.45, 2.75) is 19.3 Å². The number of carbonyl (C=O) groups excluding carboxylic acids is 1. The van der Waals surface area contributed by atoms with Crippen LogP contribution in [0, 0.1) is 11.7 Å². The monoisotopic (exact) mass is 268 g/mol. The van der Waals surface area contributed by atoms with Gasteiger partial charge in [-0.2, -0.15) is 11.8 Å². The highest BCUT2D eigenvalue weighted by Crippen LogP contribution is 2.25. The summed E-state index contributed by atoms with van der Waals surface area (Å²) in [5.41, 5.74) is 6.07. The summed E-state index contributed by atoms with van der Waals surface area (Å²) in [5, 5.41) is 2.76. The molecule has 3 nitrogen and oxygen atoms in total. The number of benzene rings is 1. The minimum Gasteiger partial charge on any atom is -0.396 e. The molecule has 1 aliphatic heterocycles. The lowest BCUT2D eigenvalue weighted by Gasteiger charge is -2.20. The van der Waals surface area contributed by atoms with Gasteiger partial charge in [-0.1, -0.05) is 0 Å². The van der Waals surface area contributed by atoms with Crippen molar-refractivity contribution < 1.29 is 9.18 Å². The fraction of sp³-hybridized carbons (Fsp3) is 0.462. The molecular formula is C13H17FN2OS. The third-order valence-corrected chi connectivity index (χ3v) is 4.14. The van der Waals surface area contributed by atoms with Gasteiger partial charge in [0.1, 0.15) is 5.82 Å². The predicted octanol–water partition coefficient (Wildman–Crippen LogP) is 2.88. The topological polar surface area (TPSA) is 55.1 Å². The van der Waals surface area contributed by atoms with Gasteiger partial charge in [0.25, 0.3) is 0 Å². The van der Waals surface area contributed by atoms with Crippen molar-refractivity contribution in [1.29, 1.82) is 0 Å². The van der Waals surface area contributed by atoms with Crippen molar-refractivity contribution in [3.63, 3.8) is 0 Å². The molecule has 3 N–H and O–H groups in total. The quantitative estimate of drug-likeness (QED) is 0.829. The van der Waals surface area contributed by atoms with E-state index in [-0.39, 0.29) is 11.6 Å². The maximum Gasteiger partial charge on any atom is 0.224 e. The molecule has 0 atom stereocenters. The van der Waals surface area contributed by atoms with Crippen LogP contribution in [0.15, 0.2) is 18.2 Å². The van der Waals surface area contributed by atoms with Crippen LogP contribution in [0.25, 0.3) is 0 Å². The van der Waals surface area contributed by atoms with Gasteiger partial charge < -0.3 is 11.1 Å². The zero-order valence-electron chi connectivity index (χ0n) is 10.1. The first-order chi connectivity index (χ1) is 8.65. The van der Waals surface area contributed by atoms with E-state index >= 15 is 0 Å². The van der Waals surface area contributed by atoms with Gasteiger partial charge in [-0.3, -0.25) is 4.79 Å². The maximum absolute atomic E-state index is 13.0. The second-order valence-electron chi connectivity index (χ2n) is 4.54. The van der Waals surface area contributed by atoms with Gasteiger partial charge in [0.15, 0.2) is 0 Å². The van der Waals surface area contributed by atoms with Crippen LogP contribution in [0.2, 0.25) is 0 Å². The zero-order valence-corrected chi connectivity index (χ0v) is 10.9. The lowest BCUT2D eigenvalue weighted by molar-refractivity contribution is -0.117. The molecule has 0 bridgehead atoms. The Morgan fingerprint density at radius 1 is 1.44 bits per heavy atom. The summed E-state index contributed by atoms with van der Waals surface area (Å²) < 4.78 is 13.0. The first-order valence-electron chi connectivity index (χ1n) is 6.08. The van der Waals surface area contributed by atoms with Crippen LogP contribution in [0.4, 0.5) is 15.8 Å². The molecule has 98 valence electrons. The molecule has 1 fully saturated rings. The lowest BCUT2D eigenvalue weighted by Crippen LogP contribution is -2.19. The van der Waals surface area contributed by atoms with Gasteiger partial charge in [-0.15, -0.1) is 0 Å². The van der Waals surface area contributed by atoms with E-state index in [1.165, 1.54) is 18.2 Å². The summed E-state index contributed by atoms with van der Waals surface area (Å²) in [7, 11) is 0. The van der Waals surface area contributed by atoms with E-state index in [9.17, 15) is 9.18 Å². The number of rotatable bonds is 3. The van der Waals surface area contributed by atoms with Crippen LogP contribution in [0.5, 0.6) is 0 Å². The summed E-state index contributed by atoms with van der Waals surface area (Å²) >= 11 is 1.94. The third kappa shape index (κ3) is 3.63. The maximum atomic E-state index is 13.0. The zero-order chi connectivity index (χ0) is 13.0. The molecule has 2 rings (SSSR count). The Morgan fingerprint density at radius 3 is 2.83 bits per heavy atom. The summed E-state index contributed by atoms with van der Waals surface area (Å²) in [4.78, 5) is 11.8. The van der Waals surface area contributed by atoms with Crippen molar-refractivity contribution >= 4 is 29.0 Å². The number of hydrogen-bond donors (Lipinski definition) is 2. The second kappa shape index (κ2) is 6.09. The first-order valence-corrected chi connectivity index (χ1v) is 7.23. The predicted molar refractivity (Wildman–Crippen MR) is 74.1 cm³/mol. The summed E-state index contributed by atoms with van der Waals surface area (Å²) in [5.74, 6) is 2.28. The molecule has 0 aliphatic carbocycles. The molecule has 1 aliphatic rings. The number of anilines is 2. The summed E-state index contributed by atoms with van der Waals surface area (Å²) in [6.07, 6.45) is 2.74. The van der Waals surface area contributed by atoms with E-state index in [0.29, 0.717) is 18.0 Å². The fourth-order valence-corrected chi connectivity index (χ4v) is 3.25. The highest BCUT2D eigenvalue weighted by molar-refractivity contribution is 7.99. The first kappa shape index (κ1) is 13.2. The van der Waals surface area contributed by atoms with Crippen LogP contribution in [-0.2, 0) is 4.79 Å². The lowest BCUT2D eigenvalue weighted by atomic mass is 9.98. The van der Waals surface area contributed by atoms with Crippen molar-refractivity contribution in [3.05, 3.63) is 24.0 Å². The van der Waals surface area contributed by atoms with E-state index in [1.807, 2.05) is 11.8 Å². The number of amides is 1. The minimum atomic E-state index is -0.461.